The van der Waals surface area contributed by atoms with Crippen LogP contribution in [-0.2, 0) is 10.2 Å². The first-order valence-electron chi connectivity index (χ1n) is 6.09. The Bertz CT molecular complexity index is 626. The summed E-state index contributed by atoms with van der Waals surface area (Å²) in [7, 11) is 0. The van der Waals surface area contributed by atoms with Crippen molar-refractivity contribution in [2.45, 2.75) is 33.1 Å². The molecule has 1 aromatic carbocycles. The van der Waals surface area contributed by atoms with Crippen LogP contribution in [0.2, 0.25) is 0 Å². The van der Waals surface area contributed by atoms with Gasteiger partial charge in [0.2, 0.25) is 5.89 Å². The lowest BCUT2D eigenvalue weighted by Crippen LogP contribution is -2.28. The number of carboxylic acid groups (broad SMARTS) is 1. The second kappa shape index (κ2) is 4.53. The van der Waals surface area contributed by atoms with Gasteiger partial charge < -0.3 is 9.52 Å². The van der Waals surface area contributed by atoms with Crippen molar-refractivity contribution in [1.29, 1.82) is 0 Å². The standard InChI is InChI=1S/C15H17NO3/c1-9-5-6-11(10(2)7-9)13-16-12(8-19-13)15(3,4)14(17)18/h5-8H,1-4H3,(H,17,18). The second-order valence-electron chi connectivity index (χ2n) is 5.29. The molecule has 4 heteroatoms. The van der Waals surface area contributed by atoms with Crippen molar-refractivity contribution in [3.8, 4) is 11.5 Å². The van der Waals surface area contributed by atoms with Crippen LogP contribution in [0.5, 0.6) is 0 Å². The van der Waals surface area contributed by atoms with Gasteiger partial charge in [-0.05, 0) is 39.3 Å². The van der Waals surface area contributed by atoms with Crippen molar-refractivity contribution >= 4 is 5.97 Å². The van der Waals surface area contributed by atoms with E-state index in [1.54, 1.807) is 13.8 Å². The third-order valence-electron chi connectivity index (χ3n) is 3.29. The van der Waals surface area contributed by atoms with Crippen molar-refractivity contribution in [2.75, 3.05) is 0 Å². The largest absolute Gasteiger partial charge is 0.481 e. The van der Waals surface area contributed by atoms with E-state index in [1.807, 2.05) is 32.0 Å². The Kier molecular flexibility index (Phi) is 3.18. The average Bonchev–Trinajstić information content (AvgIpc) is 2.78. The van der Waals surface area contributed by atoms with Gasteiger partial charge >= 0.3 is 5.97 Å². The van der Waals surface area contributed by atoms with Crippen LogP contribution in [0, 0.1) is 13.8 Å². The summed E-state index contributed by atoms with van der Waals surface area (Å²) in [5, 5.41) is 9.18. The summed E-state index contributed by atoms with van der Waals surface area (Å²) < 4.78 is 5.43. The molecule has 1 heterocycles. The van der Waals surface area contributed by atoms with Gasteiger partial charge in [0.05, 0.1) is 5.69 Å². The number of benzene rings is 1. The van der Waals surface area contributed by atoms with E-state index in [-0.39, 0.29) is 0 Å². The van der Waals surface area contributed by atoms with Gasteiger partial charge in [-0.1, -0.05) is 17.7 Å². The maximum atomic E-state index is 11.2. The summed E-state index contributed by atoms with van der Waals surface area (Å²) in [6.45, 7) is 7.22. The molecule has 100 valence electrons. The molecular weight excluding hydrogens is 242 g/mol. The van der Waals surface area contributed by atoms with Crippen molar-refractivity contribution in [1.82, 2.24) is 4.98 Å². The molecule has 0 saturated carbocycles. The van der Waals surface area contributed by atoms with Crippen LogP contribution in [0.1, 0.15) is 30.7 Å². The number of nitrogens with zero attached hydrogens (tertiary/aromatic N) is 1. The molecule has 0 spiro atoms. The van der Waals surface area contributed by atoms with Gasteiger partial charge in [-0.3, -0.25) is 4.79 Å². The third-order valence-corrected chi connectivity index (χ3v) is 3.29. The molecule has 0 atom stereocenters. The normalized spacial score (nSPS) is 11.6. The first kappa shape index (κ1) is 13.3. The third kappa shape index (κ3) is 2.38. The zero-order chi connectivity index (χ0) is 14.2. The minimum absolute atomic E-state index is 0.426. The maximum Gasteiger partial charge on any atom is 0.315 e. The van der Waals surface area contributed by atoms with Gasteiger partial charge in [0, 0.05) is 5.56 Å². The fourth-order valence-electron chi connectivity index (χ4n) is 1.85. The van der Waals surface area contributed by atoms with Gasteiger partial charge in [-0.15, -0.1) is 0 Å². The van der Waals surface area contributed by atoms with E-state index in [9.17, 15) is 9.90 Å². The number of rotatable bonds is 3. The van der Waals surface area contributed by atoms with E-state index in [1.165, 1.54) is 11.8 Å². The van der Waals surface area contributed by atoms with Crippen LogP contribution < -0.4 is 0 Å². The minimum Gasteiger partial charge on any atom is -0.481 e. The number of oxazole rings is 1. The minimum atomic E-state index is -1.06. The Hall–Kier alpha value is -2.10. The SMILES string of the molecule is Cc1ccc(-c2nc(C(C)(C)C(=O)O)co2)c(C)c1. The van der Waals surface area contributed by atoms with Crippen LogP contribution in [0.3, 0.4) is 0 Å². The highest BCUT2D eigenvalue weighted by atomic mass is 16.4. The predicted octanol–water partition coefficient (Wildman–Crippen LogP) is 3.32. The smallest absolute Gasteiger partial charge is 0.315 e. The molecule has 0 fully saturated rings. The molecular formula is C15H17NO3. The monoisotopic (exact) mass is 259 g/mol. The van der Waals surface area contributed by atoms with Crippen molar-refractivity contribution in [3.05, 3.63) is 41.3 Å². The number of hydrogen-bond acceptors (Lipinski definition) is 3. The summed E-state index contributed by atoms with van der Waals surface area (Å²) in [4.78, 5) is 15.5. The number of carbonyl (C=O) groups is 1. The van der Waals surface area contributed by atoms with Gasteiger partial charge in [0.1, 0.15) is 11.7 Å². The molecule has 0 radical (unpaired) electrons. The molecule has 0 amide bonds. The van der Waals surface area contributed by atoms with Crippen LogP contribution in [0.15, 0.2) is 28.9 Å². The van der Waals surface area contributed by atoms with Crippen LogP contribution in [0.25, 0.3) is 11.5 Å². The summed E-state index contributed by atoms with van der Waals surface area (Å²) in [5.74, 6) is -0.463. The van der Waals surface area contributed by atoms with E-state index in [2.05, 4.69) is 4.98 Å². The maximum absolute atomic E-state index is 11.2. The number of aryl methyl sites for hydroxylation is 2. The second-order valence-corrected chi connectivity index (χ2v) is 5.29. The summed E-state index contributed by atoms with van der Waals surface area (Å²) >= 11 is 0. The molecule has 0 bridgehead atoms. The molecule has 2 aromatic rings. The lowest BCUT2D eigenvalue weighted by Gasteiger charge is -2.14. The summed E-state index contributed by atoms with van der Waals surface area (Å²) in [5.41, 5.74) is 2.48. The fraction of sp³-hybridized carbons (Fsp3) is 0.333. The molecule has 0 aliphatic rings. The Balaban J connectivity index is 2.44. The van der Waals surface area contributed by atoms with E-state index in [0.717, 1.165) is 11.1 Å². The molecule has 1 aromatic heterocycles. The van der Waals surface area contributed by atoms with Crippen LogP contribution >= 0.6 is 0 Å². The molecule has 19 heavy (non-hydrogen) atoms. The van der Waals surface area contributed by atoms with E-state index in [0.29, 0.717) is 11.6 Å². The topological polar surface area (TPSA) is 63.3 Å². The lowest BCUT2D eigenvalue weighted by molar-refractivity contribution is -0.142. The first-order chi connectivity index (χ1) is 8.82. The first-order valence-corrected chi connectivity index (χ1v) is 6.09. The Morgan fingerprint density at radius 3 is 2.58 bits per heavy atom. The Morgan fingerprint density at radius 2 is 2.00 bits per heavy atom. The quantitative estimate of drug-likeness (QED) is 0.918. The van der Waals surface area contributed by atoms with Crippen LogP contribution in [-0.4, -0.2) is 16.1 Å². The fourth-order valence-corrected chi connectivity index (χ4v) is 1.85. The number of hydrogen-bond donors (Lipinski definition) is 1. The van der Waals surface area contributed by atoms with E-state index < -0.39 is 11.4 Å². The lowest BCUT2D eigenvalue weighted by atomic mass is 9.90. The molecule has 0 saturated heterocycles. The molecule has 0 aliphatic heterocycles. The number of aromatic nitrogens is 1. The molecule has 2 rings (SSSR count). The van der Waals surface area contributed by atoms with Gasteiger partial charge in [0.15, 0.2) is 0 Å². The highest BCUT2D eigenvalue weighted by Crippen LogP contribution is 2.28. The predicted molar refractivity (Wildman–Crippen MR) is 72.1 cm³/mol. The number of carboxylic acids is 1. The van der Waals surface area contributed by atoms with Crippen LogP contribution in [0.4, 0.5) is 0 Å². The Labute approximate surface area is 112 Å². The van der Waals surface area contributed by atoms with Crippen molar-refractivity contribution < 1.29 is 14.3 Å². The van der Waals surface area contributed by atoms with Gasteiger partial charge in [0.25, 0.3) is 0 Å². The summed E-state index contributed by atoms with van der Waals surface area (Å²) in [6.07, 6.45) is 1.42. The zero-order valence-corrected chi connectivity index (χ0v) is 11.5. The van der Waals surface area contributed by atoms with Crippen molar-refractivity contribution in [2.24, 2.45) is 0 Å². The summed E-state index contributed by atoms with van der Waals surface area (Å²) in [6, 6.07) is 5.96. The molecule has 0 unspecified atom stereocenters. The van der Waals surface area contributed by atoms with Crippen molar-refractivity contribution in [3.63, 3.8) is 0 Å². The highest BCUT2D eigenvalue weighted by Gasteiger charge is 2.33. The van der Waals surface area contributed by atoms with Gasteiger partial charge in [-0.25, -0.2) is 4.98 Å². The average molecular weight is 259 g/mol. The molecule has 0 aliphatic carbocycles. The van der Waals surface area contributed by atoms with Gasteiger partial charge in [-0.2, -0.15) is 0 Å². The zero-order valence-electron chi connectivity index (χ0n) is 11.5. The Morgan fingerprint density at radius 1 is 1.32 bits per heavy atom. The molecule has 4 nitrogen and oxygen atoms in total. The van der Waals surface area contributed by atoms with E-state index >= 15 is 0 Å². The number of aliphatic carboxylic acids is 1. The van der Waals surface area contributed by atoms with E-state index in [4.69, 9.17) is 4.42 Å². The highest BCUT2D eigenvalue weighted by molar-refractivity contribution is 5.79. The molecule has 1 N–H and O–H groups in total.